The molecule has 0 saturated carbocycles. The Morgan fingerprint density at radius 3 is 2.05 bits per heavy atom. The van der Waals surface area contributed by atoms with E-state index in [1.807, 2.05) is 19.1 Å². The smallest absolute Gasteiger partial charge is 0.243 e. The number of hydrogen-bond acceptors (Lipinski definition) is 3. The van der Waals surface area contributed by atoms with E-state index in [-0.39, 0.29) is 23.5 Å². The molecule has 1 rings (SSSR count). The summed E-state index contributed by atoms with van der Waals surface area (Å²) < 4.78 is 26.3. The van der Waals surface area contributed by atoms with E-state index in [1.54, 1.807) is 12.1 Å². The minimum atomic E-state index is -3.51. The largest absolute Gasteiger partial charge is 0.395 e. The van der Waals surface area contributed by atoms with Crippen molar-refractivity contribution < 1.29 is 13.5 Å². The molecule has 4 nitrogen and oxygen atoms in total. The molecule has 0 fully saturated rings. The summed E-state index contributed by atoms with van der Waals surface area (Å²) in [6.45, 7) is 8.58. The Balaban J connectivity index is 3.08. The molecule has 5 heteroatoms. The summed E-state index contributed by atoms with van der Waals surface area (Å²) in [7, 11) is -3.51. The zero-order chi connectivity index (χ0) is 15.4. The summed E-state index contributed by atoms with van der Waals surface area (Å²) in [6.07, 6.45) is 0.722. The third-order valence-electron chi connectivity index (χ3n) is 3.18. The molecular formula is C15H25NO3S. The Morgan fingerprint density at radius 2 is 1.65 bits per heavy atom. The molecule has 114 valence electrons. The number of nitrogens with zero attached hydrogens (tertiary/aromatic N) is 1. The van der Waals surface area contributed by atoms with E-state index >= 15 is 0 Å². The van der Waals surface area contributed by atoms with Gasteiger partial charge in [-0.05, 0) is 29.5 Å². The first-order chi connectivity index (χ1) is 9.23. The van der Waals surface area contributed by atoms with E-state index in [9.17, 15) is 8.42 Å². The number of hydrogen-bond donors (Lipinski definition) is 1. The number of benzene rings is 1. The van der Waals surface area contributed by atoms with Crippen molar-refractivity contribution in [3.05, 3.63) is 29.8 Å². The Bertz CT molecular complexity index is 509. The molecule has 0 bridgehead atoms. The molecule has 0 saturated heterocycles. The predicted octanol–water partition coefficient (Wildman–Crippen LogP) is 2.38. The predicted molar refractivity (Wildman–Crippen MR) is 81.3 cm³/mol. The van der Waals surface area contributed by atoms with Crippen molar-refractivity contribution in [2.75, 3.05) is 19.7 Å². The van der Waals surface area contributed by atoms with Crippen LogP contribution < -0.4 is 0 Å². The van der Waals surface area contributed by atoms with Crippen LogP contribution in [0.15, 0.2) is 29.2 Å². The molecule has 20 heavy (non-hydrogen) atoms. The number of aliphatic hydroxyl groups excluding tert-OH is 1. The van der Waals surface area contributed by atoms with Gasteiger partial charge in [-0.3, -0.25) is 0 Å². The first-order valence-corrected chi connectivity index (χ1v) is 8.39. The molecule has 0 spiro atoms. The van der Waals surface area contributed by atoms with Crippen molar-refractivity contribution >= 4 is 10.0 Å². The van der Waals surface area contributed by atoms with Crippen LogP contribution in [0.1, 0.15) is 39.7 Å². The highest BCUT2D eigenvalue weighted by atomic mass is 32.2. The van der Waals surface area contributed by atoms with Crippen LogP contribution >= 0.6 is 0 Å². The molecule has 1 aromatic rings. The quantitative estimate of drug-likeness (QED) is 0.877. The molecule has 0 aliphatic carbocycles. The summed E-state index contributed by atoms with van der Waals surface area (Å²) >= 11 is 0. The third-order valence-corrected chi connectivity index (χ3v) is 5.09. The van der Waals surface area contributed by atoms with Gasteiger partial charge in [0.1, 0.15) is 0 Å². The zero-order valence-corrected chi connectivity index (χ0v) is 13.6. The molecule has 0 aromatic heterocycles. The molecule has 0 radical (unpaired) electrons. The highest BCUT2D eigenvalue weighted by molar-refractivity contribution is 7.89. The van der Waals surface area contributed by atoms with Gasteiger partial charge >= 0.3 is 0 Å². The van der Waals surface area contributed by atoms with Gasteiger partial charge in [0.2, 0.25) is 10.0 Å². The topological polar surface area (TPSA) is 57.6 Å². The lowest BCUT2D eigenvalue weighted by atomic mass is 9.87. The van der Waals surface area contributed by atoms with Crippen LogP contribution in [0.25, 0.3) is 0 Å². The van der Waals surface area contributed by atoms with Crippen molar-refractivity contribution in [3.63, 3.8) is 0 Å². The minimum absolute atomic E-state index is 0.00348. The van der Waals surface area contributed by atoms with E-state index in [2.05, 4.69) is 20.8 Å². The molecule has 0 unspecified atom stereocenters. The van der Waals surface area contributed by atoms with Crippen molar-refractivity contribution in [3.8, 4) is 0 Å². The van der Waals surface area contributed by atoms with Crippen LogP contribution in [0.4, 0.5) is 0 Å². The third kappa shape index (κ3) is 4.04. The second-order valence-corrected chi connectivity index (χ2v) is 7.84. The fraction of sp³-hybridized carbons (Fsp3) is 0.600. The molecule has 0 amide bonds. The average molecular weight is 299 g/mol. The molecule has 1 N–H and O–H groups in total. The molecule has 0 atom stereocenters. The summed E-state index contributed by atoms with van der Waals surface area (Å²) in [4.78, 5) is 0.285. The molecule has 0 aliphatic heterocycles. The van der Waals surface area contributed by atoms with Gasteiger partial charge in [-0.2, -0.15) is 4.31 Å². The Labute approximate surface area is 122 Å². The fourth-order valence-corrected chi connectivity index (χ4v) is 3.51. The van der Waals surface area contributed by atoms with Crippen molar-refractivity contribution in [1.82, 2.24) is 4.31 Å². The number of sulfonamides is 1. The van der Waals surface area contributed by atoms with Gasteiger partial charge in [0.25, 0.3) is 0 Å². The van der Waals surface area contributed by atoms with Crippen LogP contribution in [-0.2, 0) is 15.4 Å². The highest BCUT2D eigenvalue weighted by Gasteiger charge is 2.24. The number of rotatable bonds is 6. The van der Waals surface area contributed by atoms with Gasteiger partial charge in [-0.1, -0.05) is 39.8 Å². The average Bonchev–Trinajstić information content (AvgIpc) is 2.37. The van der Waals surface area contributed by atoms with Crippen LogP contribution in [0.5, 0.6) is 0 Å². The SMILES string of the molecule is CCCN(CCO)S(=O)(=O)c1ccc(C(C)(C)C)cc1. The lowest BCUT2D eigenvalue weighted by molar-refractivity contribution is 0.253. The Kier molecular flexibility index (Phi) is 5.74. The Hall–Kier alpha value is -0.910. The van der Waals surface area contributed by atoms with E-state index in [1.165, 1.54) is 4.31 Å². The van der Waals surface area contributed by atoms with E-state index < -0.39 is 10.0 Å². The van der Waals surface area contributed by atoms with Gasteiger partial charge < -0.3 is 5.11 Å². The van der Waals surface area contributed by atoms with Crippen LogP contribution in [0.3, 0.4) is 0 Å². The summed E-state index contributed by atoms with van der Waals surface area (Å²) in [5.41, 5.74) is 1.09. The first kappa shape index (κ1) is 17.1. The molecule has 0 aliphatic rings. The second kappa shape index (κ2) is 6.70. The maximum atomic E-state index is 12.5. The minimum Gasteiger partial charge on any atom is -0.395 e. The number of aliphatic hydroxyl groups is 1. The van der Waals surface area contributed by atoms with E-state index in [4.69, 9.17) is 5.11 Å². The summed E-state index contributed by atoms with van der Waals surface area (Å²) in [5, 5.41) is 9.02. The van der Waals surface area contributed by atoms with Gasteiger partial charge in [0, 0.05) is 13.1 Å². The maximum Gasteiger partial charge on any atom is 0.243 e. The van der Waals surface area contributed by atoms with Crippen LogP contribution in [0, 0.1) is 0 Å². The molecule has 0 heterocycles. The van der Waals surface area contributed by atoms with Crippen molar-refractivity contribution in [2.24, 2.45) is 0 Å². The van der Waals surface area contributed by atoms with E-state index in [0.29, 0.717) is 6.54 Å². The maximum absolute atomic E-state index is 12.5. The summed E-state index contributed by atoms with van der Waals surface area (Å²) in [6, 6.07) is 7.01. The van der Waals surface area contributed by atoms with E-state index in [0.717, 1.165) is 12.0 Å². The van der Waals surface area contributed by atoms with Crippen LogP contribution in [0.2, 0.25) is 0 Å². The van der Waals surface area contributed by atoms with Gasteiger partial charge in [0.15, 0.2) is 0 Å². The highest BCUT2D eigenvalue weighted by Crippen LogP contribution is 2.24. The first-order valence-electron chi connectivity index (χ1n) is 6.95. The second-order valence-electron chi connectivity index (χ2n) is 5.90. The monoisotopic (exact) mass is 299 g/mol. The summed E-state index contributed by atoms with van der Waals surface area (Å²) in [5.74, 6) is 0. The van der Waals surface area contributed by atoms with Crippen molar-refractivity contribution in [2.45, 2.75) is 44.4 Å². The lowest BCUT2D eigenvalue weighted by Crippen LogP contribution is -2.34. The Morgan fingerprint density at radius 1 is 1.10 bits per heavy atom. The molecular weight excluding hydrogens is 274 g/mol. The zero-order valence-electron chi connectivity index (χ0n) is 12.8. The van der Waals surface area contributed by atoms with Gasteiger partial charge in [-0.25, -0.2) is 8.42 Å². The van der Waals surface area contributed by atoms with Gasteiger partial charge in [0.05, 0.1) is 11.5 Å². The lowest BCUT2D eigenvalue weighted by Gasteiger charge is -2.22. The van der Waals surface area contributed by atoms with Crippen LogP contribution in [-0.4, -0.2) is 37.5 Å². The fourth-order valence-electron chi connectivity index (χ4n) is 1.99. The van der Waals surface area contributed by atoms with Gasteiger partial charge in [-0.15, -0.1) is 0 Å². The molecule has 1 aromatic carbocycles. The van der Waals surface area contributed by atoms with Crippen molar-refractivity contribution in [1.29, 1.82) is 0 Å². The standard InChI is InChI=1S/C15H25NO3S/c1-5-10-16(11-12-17)20(18,19)14-8-6-13(7-9-14)15(2,3)4/h6-9,17H,5,10-12H2,1-4H3. The normalized spacial score (nSPS) is 12.9.